The summed E-state index contributed by atoms with van der Waals surface area (Å²) in [5.74, 6) is -0.215. The van der Waals surface area contributed by atoms with Crippen LogP contribution >= 0.6 is 0 Å². The molecular formula is C13H22N2O4S. The summed E-state index contributed by atoms with van der Waals surface area (Å²) >= 11 is 0. The Balaban J connectivity index is 2.15. The van der Waals surface area contributed by atoms with Gasteiger partial charge in [0.2, 0.25) is 11.8 Å². The molecule has 2 fully saturated rings. The molecule has 1 N–H and O–H groups in total. The van der Waals surface area contributed by atoms with Gasteiger partial charge in [0.25, 0.3) is 0 Å². The van der Waals surface area contributed by atoms with Crippen molar-refractivity contribution in [2.45, 2.75) is 44.9 Å². The van der Waals surface area contributed by atoms with E-state index < -0.39 is 21.1 Å². The Kier molecular flexibility index (Phi) is 3.83. The zero-order valence-electron chi connectivity index (χ0n) is 12.2. The molecule has 114 valence electrons. The van der Waals surface area contributed by atoms with Crippen molar-refractivity contribution >= 4 is 21.7 Å². The summed E-state index contributed by atoms with van der Waals surface area (Å²) in [5.41, 5.74) is -0.389. The molecule has 0 saturated carbocycles. The quantitative estimate of drug-likeness (QED) is 0.774. The normalized spacial score (nSPS) is 30.4. The van der Waals surface area contributed by atoms with Gasteiger partial charge in [-0.1, -0.05) is 20.8 Å². The molecule has 0 aromatic heterocycles. The minimum atomic E-state index is -3.11. The Morgan fingerprint density at radius 2 is 1.95 bits per heavy atom. The van der Waals surface area contributed by atoms with Gasteiger partial charge in [0.1, 0.15) is 6.04 Å². The van der Waals surface area contributed by atoms with Crippen LogP contribution < -0.4 is 5.32 Å². The molecule has 0 aromatic rings. The number of rotatable bonds is 2. The minimum Gasteiger partial charge on any atom is -0.342 e. The highest BCUT2D eigenvalue weighted by atomic mass is 32.2. The Bertz CT molecular complexity index is 521. The van der Waals surface area contributed by atoms with E-state index in [0.717, 1.165) is 0 Å². The van der Waals surface area contributed by atoms with E-state index >= 15 is 0 Å². The first kappa shape index (κ1) is 15.3. The lowest BCUT2D eigenvalue weighted by Gasteiger charge is -2.39. The van der Waals surface area contributed by atoms with Crippen LogP contribution in [0.5, 0.6) is 0 Å². The van der Waals surface area contributed by atoms with Crippen molar-refractivity contribution in [1.29, 1.82) is 0 Å². The van der Waals surface area contributed by atoms with Gasteiger partial charge < -0.3 is 10.2 Å². The molecule has 2 saturated heterocycles. The lowest BCUT2D eigenvalue weighted by atomic mass is 9.84. The molecule has 2 atom stereocenters. The van der Waals surface area contributed by atoms with Crippen LogP contribution in [0.1, 0.15) is 33.6 Å². The molecule has 2 aliphatic heterocycles. The average Bonchev–Trinajstić information content (AvgIpc) is 2.61. The maximum absolute atomic E-state index is 12.4. The lowest BCUT2D eigenvalue weighted by Crippen LogP contribution is -2.63. The molecule has 2 aliphatic rings. The van der Waals surface area contributed by atoms with E-state index in [-0.39, 0.29) is 36.1 Å². The molecule has 0 radical (unpaired) electrons. The van der Waals surface area contributed by atoms with Crippen LogP contribution in [0.15, 0.2) is 0 Å². The van der Waals surface area contributed by atoms with Crippen molar-refractivity contribution in [1.82, 2.24) is 10.2 Å². The zero-order chi connectivity index (χ0) is 15.1. The largest absolute Gasteiger partial charge is 0.342 e. The van der Waals surface area contributed by atoms with Crippen molar-refractivity contribution < 1.29 is 18.0 Å². The number of carbonyl (C=O) groups is 2. The topological polar surface area (TPSA) is 83.6 Å². The Morgan fingerprint density at radius 1 is 1.30 bits per heavy atom. The number of carbonyl (C=O) groups excluding carboxylic acids is 2. The highest BCUT2D eigenvalue weighted by molar-refractivity contribution is 7.92. The molecule has 20 heavy (non-hydrogen) atoms. The van der Waals surface area contributed by atoms with Crippen LogP contribution in [0.2, 0.25) is 0 Å². The second-order valence-electron chi connectivity index (χ2n) is 6.72. The predicted molar refractivity (Wildman–Crippen MR) is 74.8 cm³/mol. The molecule has 2 amide bonds. The third kappa shape index (κ3) is 2.97. The number of amides is 2. The van der Waals surface area contributed by atoms with Gasteiger partial charge in [0.15, 0.2) is 9.84 Å². The summed E-state index contributed by atoms with van der Waals surface area (Å²) in [6.45, 7) is 5.74. The van der Waals surface area contributed by atoms with Gasteiger partial charge in [-0.3, -0.25) is 9.59 Å². The minimum absolute atomic E-state index is 0.0442. The molecule has 7 heteroatoms. The number of sulfone groups is 1. The Labute approximate surface area is 119 Å². The fraction of sp³-hybridized carbons (Fsp3) is 0.846. The highest BCUT2D eigenvalue weighted by Crippen LogP contribution is 2.26. The van der Waals surface area contributed by atoms with Gasteiger partial charge in [0.05, 0.1) is 17.5 Å². The van der Waals surface area contributed by atoms with Gasteiger partial charge >= 0.3 is 0 Å². The Hall–Kier alpha value is -1.11. The van der Waals surface area contributed by atoms with Crippen molar-refractivity contribution in [2.24, 2.45) is 5.41 Å². The molecule has 0 bridgehead atoms. The SMILES string of the molecule is CC(C)(C)C1NC(=O)CN(CC2CCCS2(=O)=O)C1=O. The third-order valence-corrected chi connectivity index (χ3v) is 6.21. The number of hydrogen-bond donors (Lipinski definition) is 1. The predicted octanol–water partition coefficient (Wildman–Crippen LogP) is -0.0633. The van der Waals surface area contributed by atoms with E-state index in [0.29, 0.717) is 12.8 Å². The first-order chi connectivity index (χ1) is 9.11. The molecule has 6 nitrogen and oxygen atoms in total. The maximum Gasteiger partial charge on any atom is 0.246 e. The van der Waals surface area contributed by atoms with Crippen LogP contribution in [-0.4, -0.2) is 55.3 Å². The number of hydrogen-bond acceptors (Lipinski definition) is 4. The third-order valence-electron chi connectivity index (χ3n) is 3.95. The molecule has 0 spiro atoms. The zero-order valence-corrected chi connectivity index (χ0v) is 13.0. The van der Waals surface area contributed by atoms with Crippen molar-refractivity contribution in [3.63, 3.8) is 0 Å². The molecule has 2 rings (SSSR count). The number of nitrogens with zero attached hydrogens (tertiary/aromatic N) is 1. The summed E-state index contributed by atoms with van der Waals surface area (Å²) in [5, 5.41) is 2.19. The average molecular weight is 302 g/mol. The number of nitrogens with one attached hydrogen (secondary N) is 1. The molecular weight excluding hydrogens is 280 g/mol. The number of piperazine rings is 1. The summed E-state index contributed by atoms with van der Waals surface area (Å²) in [6, 6.07) is -0.590. The molecule has 2 unspecified atom stereocenters. The lowest BCUT2D eigenvalue weighted by molar-refractivity contribution is -0.147. The van der Waals surface area contributed by atoms with E-state index in [1.165, 1.54) is 4.90 Å². The van der Waals surface area contributed by atoms with Gasteiger partial charge in [0, 0.05) is 6.54 Å². The molecule has 2 heterocycles. The molecule has 0 aliphatic carbocycles. The van der Waals surface area contributed by atoms with Gasteiger partial charge in [-0.15, -0.1) is 0 Å². The summed E-state index contributed by atoms with van der Waals surface area (Å²) in [6.07, 6.45) is 1.22. The van der Waals surface area contributed by atoms with Crippen LogP contribution in [0.3, 0.4) is 0 Å². The van der Waals surface area contributed by atoms with Crippen molar-refractivity contribution in [2.75, 3.05) is 18.8 Å². The van der Waals surface area contributed by atoms with Crippen LogP contribution in [0.25, 0.3) is 0 Å². The van der Waals surface area contributed by atoms with E-state index in [9.17, 15) is 18.0 Å². The van der Waals surface area contributed by atoms with Crippen LogP contribution in [0, 0.1) is 5.41 Å². The van der Waals surface area contributed by atoms with Gasteiger partial charge in [-0.05, 0) is 18.3 Å². The van der Waals surface area contributed by atoms with Gasteiger partial charge in [-0.25, -0.2) is 8.42 Å². The second kappa shape index (κ2) is 5.02. The van der Waals surface area contributed by atoms with Crippen molar-refractivity contribution in [3.8, 4) is 0 Å². The van der Waals surface area contributed by atoms with Crippen molar-refractivity contribution in [3.05, 3.63) is 0 Å². The maximum atomic E-state index is 12.4. The van der Waals surface area contributed by atoms with Gasteiger partial charge in [-0.2, -0.15) is 0 Å². The van der Waals surface area contributed by atoms with Crippen LogP contribution in [-0.2, 0) is 19.4 Å². The standard InChI is InChI=1S/C13H22N2O4S/c1-13(2,3)11-12(17)15(8-10(16)14-11)7-9-5-4-6-20(9,18)19/h9,11H,4-8H2,1-3H3,(H,14,16). The summed E-state index contributed by atoms with van der Waals surface area (Å²) in [4.78, 5) is 25.6. The highest BCUT2D eigenvalue weighted by Gasteiger charge is 2.42. The first-order valence-electron chi connectivity index (χ1n) is 6.91. The monoisotopic (exact) mass is 302 g/mol. The fourth-order valence-electron chi connectivity index (χ4n) is 2.75. The summed E-state index contributed by atoms with van der Waals surface area (Å²) < 4.78 is 23.7. The molecule has 0 aromatic carbocycles. The smallest absolute Gasteiger partial charge is 0.246 e. The first-order valence-corrected chi connectivity index (χ1v) is 8.62. The van der Waals surface area contributed by atoms with E-state index in [2.05, 4.69) is 5.32 Å². The Morgan fingerprint density at radius 3 is 2.45 bits per heavy atom. The van der Waals surface area contributed by atoms with E-state index in [1.807, 2.05) is 20.8 Å². The van der Waals surface area contributed by atoms with E-state index in [1.54, 1.807) is 0 Å². The van der Waals surface area contributed by atoms with E-state index in [4.69, 9.17) is 0 Å². The second-order valence-corrected chi connectivity index (χ2v) is 9.12. The fourth-order valence-corrected chi connectivity index (χ4v) is 4.59. The summed E-state index contributed by atoms with van der Waals surface area (Å²) in [7, 11) is -3.11. The van der Waals surface area contributed by atoms with Crippen LogP contribution in [0.4, 0.5) is 0 Å².